The zero-order valence-corrected chi connectivity index (χ0v) is 23.4. The van der Waals surface area contributed by atoms with Crippen LogP contribution < -0.4 is 19.5 Å². The quantitative estimate of drug-likeness (QED) is 0.245. The largest absolute Gasteiger partial charge is 0.497 e. The van der Waals surface area contributed by atoms with Crippen LogP contribution in [-0.2, 0) is 20.0 Å². The molecule has 0 spiro atoms. The van der Waals surface area contributed by atoms with Crippen LogP contribution in [0.3, 0.4) is 0 Å². The second kappa shape index (κ2) is 11.4. The van der Waals surface area contributed by atoms with E-state index < -0.39 is 31.8 Å². The molecular formula is C28H26FN3O6S2. The van der Waals surface area contributed by atoms with Gasteiger partial charge in [0.15, 0.2) is 0 Å². The normalized spacial score (nSPS) is 11.5. The minimum Gasteiger partial charge on any atom is -0.497 e. The van der Waals surface area contributed by atoms with Crippen LogP contribution in [0.25, 0.3) is 0 Å². The summed E-state index contributed by atoms with van der Waals surface area (Å²) in [5.41, 5.74) is 1.13. The first kappa shape index (κ1) is 28.6. The molecule has 9 nitrogen and oxygen atoms in total. The molecule has 0 unspecified atom stereocenters. The molecule has 4 aromatic rings. The third-order valence-corrected chi connectivity index (χ3v) is 8.97. The molecule has 0 aliphatic carbocycles. The van der Waals surface area contributed by atoms with Gasteiger partial charge in [0.25, 0.3) is 26.0 Å². The van der Waals surface area contributed by atoms with Crippen LogP contribution in [0.15, 0.2) is 94.7 Å². The highest BCUT2D eigenvalue weighted by Crippen LogP contribution is 2.27. The van der Waals surface area contributed by atoms with Gasteiger partial charge >= 0.3 is 0 Å². The van der Waals surface area contributed by atoms with Crippen LogP contribution in [0, 0.1) is 19.7 Å². The molecule has 0 aromatic heterocycles. The number of para-hydroxylation sites is 1. The molecule has 4 aromatic carbocycles. The van der Waals surface area contributed by atoms with Gasteiger partial charge in [-0.2, -0.15) is 0 Å². The molecule has 1 amide bonds. The summed E-state index contributed by atoms with van der Waals surface area (Å²) in [6.45, 7) is 3.08. The number of nitrogens with one attached hydrogen (secondary N) is 3. The molecular weight excluding hydrogens is 557 g/mol. The van der Waals surface area contributed by atoms with Crippen molar-refractivity contribution >= 4 is 43.0 Å². The molecule has 0 saturated carbocycles. The van der Waals surface area contributed by atoms with Gasteiger partial charge in [-0.15, -0.1) is 0 Å². The first-order chi connectivity index (χ1) is 18.9. The summed E-state index contributed by atoms with van der Waals surface area (Å²) in [6.07, 6.45) is 0. The molecule has 12 heteroatoms. The van der Waals surface area contributed by atoms with E-state index in [0.29, 0.717) is 17.0 Å². The number of sulfonamides is 2. The lowest BCUT2D eigenvalue weighted by Gasteiger charge is -2.15. The van der Waals surface area contributed by atoms with E-state index in [0.717, 1.165) is 18.2 Å². The number of benzene rings is 4. The van der Waals surface area contributed by atoms with Gasteiger partial charge in [-0.1, -0.05) is 18.2 Å². The maximum absolute atomic E-state index is 13.5. The third kappa shape index (κ3) is 6.41. The summed E-state index contributed by atoms with van der Waals surface area (Å²) < 4.78 is 75.7. The number of hydrogen-bond acceptors (Lipinski definition) is 6. The second-order valence-corrected chi connectivity index (χ2v) is 12.1. The SMILES string of the molecule is COc1ccc(NS(=O)(=O)c2cc(NC(=O)c3ccccc3NS(=O)(=O)c3ccc(F)cc3C)ccc2C)cc1. The molecule has 0 fully saturated rings. The Kier molecular flexibility index (Phi) is 8.12. The molecule has 4 rings (SSSR count). The van der Waals surface area contributed by atoms with Crippen LogP contribution >= 0.6 is 0 Å². The van der Waals surface area contributed by atoms with Crippen molar-refractivity contribution < 1.29 is 30.8 Å². The summed E-state index contributed by atoms with van der Waals surface area (Å²) in [5.74, 6) is -0.682. The van der Waals surface area contributed by atoms with E-state index in [1.165, 1.54) is 38.3 Å². The Labute approximate surface area is 232 Å². The summed E-state index contributed by atoms with van der Waals surface area (Å²) in [5, 5.41) is 2.63. The molecule has 40 heavy (non-hydrogen) atoms. The number of halogens is 1. The fourth-order valence-electron chi connectivity index (χ4n) is 3.92. The summed E-state index contributed by atoms with van der Waals surface area (Å²) in [4.78, 5) is 13.0. The van der Waals surface area contributed by atoms with E-state index in [1.54, 1.807) is 49.4 Å². The molecule has 0 saturated heterocycles. The number of hydrogen-bond donors (Lipinski definition) is 3. The van der Waals surface area contributed by atoms with Gasteiger partial charge in [0, 0.05) is 11.4 Å². The Morgan fingerprint density at radius 2 is 1.38 bits per heavy atom. The fourth-order valence-corrected chi connectivity index (χ4v) is 6.56. The van der Waals surface area contributed by atoms with Crippen molar-refractivity contribution in [2.75, 3.05) is 21.9 Å². The molecule has 0 atom stereocenters. The fraction of sp³-hybridized carbons (Fsp3) is 0.107. The van der Waals surface area contributed by atoms with E-state index in [4.69, 9.17) is 4.74 Å². The van der Waals surface area contributed by atoms with Gasteiger partial charge in [0.1, 0.15) is 11.6 Å². The van der Waals surface area contributed by atoms with Crippen molar-refractivity contribution in [3.8, 4) is 5.75 Å². The second-order valence-electron chi connectivity index (χ2n) is 8.83. The van der Waals surface area contributed by atoms with Crippen LogP contribution in [0.5, 0.6) is 5.75 Å². The minimum atomic E-state index is -4.15. The topological polar surface area (TPSA) is 131 Å². The first-order valence-corrected chi connectivity index (χ1v) is 14.8. The Balaban J connectivity index is 1.58. The minimum absolute atomic E-state index is 0.00724. The summed E-state index contributed by atoms with van der Waals surface area (Å²) in [6, 6.07) is 20.0. The lowest BCUT2D eigenvalue weighted by Crippen LogP contribution is -2.20. The number of rotatable bonds is 9. The van der Waals surface area contributed by atoms with Gasteiger partial charge in [-0.05, 0) is 91.7 Å². The molecule has 0 heterocycles. The number of anilines is 3. The molecule has 0 aliphatic heterocycles. The molecule has 208 valence electrons. The monoisotopic (exact) mass is 583 g/mol. The summed E-state index contributed by atoms with van der Waals surface area (Å²) in [7, 11) is -6.66. The average Bonchev–Trinajstić information content (AvgIpc) is 2.89. The summed E-state index contributed by atoms with van der Waals surface area (Å²) >= 11 is 0. The lowest BCUT2D eigenvalue weighted by atomic mass is 10.1. The van der Waals surface area contributed by atoms with Crippen molar-refractivity contribution in [3.05, 3.63) is 107 Å². The maximum atomic E-state index is 13.5. The van der Waals surface area contributed by atoms with Gasteiger partial charge in [0.05, 0.1) is 28.2 Å². The van der Waals surface area contributed by atoms with Crippen LogP contribution in [0.2, 0.25) is 0 Å². The predicted octanol–water partition coefficient (Wildman–Crippen LogP) is 5.31. The number of ether oxygens (including phenoxy) is 1. The smallest absolute Gasteiger partial charge is 0.262 e. The Bertz CT molecular complexity index is 1790. The van der Waals surface area contributed by atoms with Gasteiger partial charge in [0.2, 0.25) is 0 Å². The molecule has 0 bridgehead atoms. The van der Waals surface area contributed by atoms with E-state index in [-0.39, 0.29) is 32.3 Å². The zero-order chi connectivity index (χ0) is 29.1. The van der Waals surface area contributed by atoms with E-state index in [2.05, 4.69) is 14.8 Å². The highest BCUT2D eigenvalue weighted by atomic mass is 32.2. The first-order valence-electron chi connectivity index (χ1n) is 11.9. The van der Waals surface area contributed by atoms with E-state index in [1.807, 2.05) is 0 Å². The highest BCUT2D eigenvalue weighted by Gasteiger charge is 2.22. The van der Waals surface area contributed by atoms with Crippen LogP contribution in [0.4, 0.5) is 21.5 Å². The molecule has 3 N–H and O–H groups in total. The van der Waals surface area contributed by atoms with E-state index >= 15 is 0 Å². The molecule has 0 radical (unpaired) electrons. The zero-order valence-electron chi connectivity index (χ0n) is 21.7. The van der Waals surface area contributed by atoms with Crippen molar-refractivity contribution in [1.82, 2.24) is 0 Å². The number of carbonyl (C=O) groups excluding carboxylic acids is 1. The number of methoxy groups -OCH3 is 1. The van der Waals surface area contributed by atoms with Crippen molar-refractivity contribution in [2.24, 2.45) is 0 Å². The lowest BCUT2D eigenvalue weighted by molar-refractivity contribution is 0.102. The van der Waals surface area contributed by atoms with Gasteiger partial charge in [-0.25, -0.2) is 21.2 Å². The Morgan fingerprint density at radius 3 is 2.05 bits per heavy atom. The van der Waals surface area contributed by atoms with Crippen molar-refractivity contribution in [2.45, 2.75) is 23.6 Å². The van der Waals surface area contributed by atoms with E-state index in [9.17, 15) is 26.0 Å². The Hall–Kier alpha value is -4.42. The number of aryl methyl sites for hydroxylation is 2. The third-order valence-electron chi connectivity index (χ3n) is 5.92. The molecule has 0 aliphatic rings. The Morgan fingerprint density at radius 1 is 0.725 bits per heavy atom. The number of amides is 1. The average molecular weight is 584 g/mol. The van der Waals surface area contributed by atoms with Crippen molar-refractivity contribution in [3.63, 3.8) is 0 Å². The van der Waals surface area contributed by atoms with Gasteiger partial charge in [-0.3, -0.25) is 14.2 Å². The predicted molar refractivity (Wildman–Crippen MR) is 151 cm³/mol. The van der Waals surface area contributed by atoms with Gasteiger partial charge < -0.3 is 10.1 Å². The maximum Gasteiger partial charge on any atom is 0.262 e. The standard InChI is InChI=1S/C28H26FN3O6S2/c1-18-8-10-22(17-27(18)40(36,37)31-21-11-13-23(38-3)14-12-21)30-28(33)24-6-4-5-7-25(24)32-39(34,35)26-15-9-20(29)16-19(26)2/h4-17,31-32H,1-3H3,(H,30,33). The number of carbonyl (C=O) groups is 1. The van der Waals surface area contributed by atoms with Crippen molar-refractivity contribution in [1.29, 1.82) is 0 Å². The van der Waals surface area contributed by atoms with Crippen LogP contribution in [-0.4, -0.2) is 29.9 Å². The highest BCUT2D eigenvalue weighted by molar-refractivity contribution is 7.93. The van der Waals surface area contributed by atoms with Crippen LogP contribution in [0.1, 0.15) is 21.5 Å².